The minimum atomic E-state index is -0.930. The third-order valence-electron chi connectivity index (χ3n) is 2.82. The van der Waals surface area contributed by atoms with Crippen molar-refractivity contribution < 1.29 is 14.7 Å². The normalized spacial score (nSPS) is 10.7. The Balaban J connectivity index is 2.74. The molecule has 0 fully saturated rings. The quantitative estimate of drug-likeness (QED) is 0.838. The summed E-state index contributed by atoms with van der Waals surface area (Å²) in [5.74, 6) is -0.949. The summed E-state index contributed by atoms with van der Waals surface area (Å²) in [6.07, 6.45) is 0.355. The summed E-state index contributed by atoms with van der Waals surface area (Å²) in [6.45, 7) is 7.93. The van der Waals surface area contributed by atoms with Crippen LogP contribution in [0.5, 0.6) is 0 Å². The summed E-state index contributed by atoms with van der Waals surface area (Å²) < 4.78 is 1.86. The van der Waals surface area contributed by atoms with Gasteiger partial charge in [-0.3, -0.25) is 4.79 Å². The topological polar surface area (TPSA) is 71.3 Å². The zero-order valence-electron chi connectivity index (χ0n) is 11.3. The molecular formula is C13H20N2O3. The molecule has 100 valence electrons. The van der Waals surface area contributed by atoms with Gasteiger partial charge >= 0.3 is 5.97 Å². The Kier molecular flexibility index (Phi) is 4.53. The molecule has 0 radical (unpaired) electrons. The Labute approximate surface area is 107 Å². The first kappa shape index (κ1) is 14.3. The molecule has 0 atom stereocenters. The smallest absolute Gasteiger partial charge is 0.337 e. The molecule has 2 N–H and O–H groups in total. The van der Waals surface area contributed by atoms with Crippen molar-refractivity contribution in [3.63, 3.8) is 0 Å². The zero-order valence-corrected chi connectivity index (χ0v) is 11.3. The van der Waals surface area contributed by atoms with Gasteiger partial charge in [0.1, 0.15) is 0 Å². The van der Waals surface area contributed by atoms with Gasteiger partial charge in [-0.15, -0.1) is 0 Å². The Morgan fingerprint density at radius 1 is 1.39 bits per heavy atom. The Morgan fingerprint density at radius 3 is 2.44 bits per heavy atom. The molecule has 5 nitrogen and oxygen atoms in total. The van der Waals surface area contributed by atoms with E-state index in [1.165, 1.54) is 0 Å². The molecule has 0 aromatic carbocycles. The van der Waals surface area contributed by atoms with Gasteiger partial charge < -0.3 is 15.0 Å². The maximum Gasteiger partial charge on any atom is 0.337 e. The van der Waals surface area contributed by atoms with E-state index in [4.69, 9.17) is 5.11 Å². The van der Waals surface area contributed by atoms with Gasteiger partial charge in [0.25, 0.3) is 0 Å². The standard InChI is InChI=1S/C13H20N2O3/c1-8(2)14-12(16)5-6-15-9(3)7-11(10(15)4)13(17)18/h7-8H,5-6H2,1-4H3,(H,14,16)(H,17,18). The molecule has 1 amide bonds. The van der Waals surface area contributed by atoms with Gasteiger partial charge in [0.2, 0.25) is 5.91 Å². The fraction of sp³-hybridized carbons (Fsp3) is 0.538. The average Bonchev–Trinajstić information content (AvgIpc) is 2.51. The van der Waals surface area contributed by atoms with Gasteiger partial charge in [0.05, 0.1) is 5.56 Å². The number of hydrogen-bond donors (Lipinski definition) is 2. The van der Waals surface area contributed by atoms with Crippen LogP contribution in [-0.2, 0) is 11.3 Å². The average molecular weight is 252 g/mol. The van der Waals surface area contributed by atoms with E-state index in [2.05, 4.69) is 5.32 Å². The van der Waals surface area contributed by atoms with Crippen molar-refractivity contribution in [1.82, 2.24) is 9.88 Å². The number of nitrogens with one attached hydrogen (secondary N) is 1. The molecule has 1 aromatic rings. The van der Waals surface area contributed by atoms with Gasteiger partial charge in [-0.1, -0.05) is 0 Å². The minimum absolute atomic E-state index is 0.0191. The maximum absolute atomic E-state index is 11.5. The summed E-state index contributed by atoms with van der Waals surface area (Å²) in [6, 6.07) is 1.76. The Morgan fingerprint density at radius 2 is 2.00 bits per heavy atom. The van der Waals surface area contributed by atoms with Crippen molar-refractivity contribution in [3.8, 4) is 0 Å². The molecule has 18 heavy (non-hydrogen) atoms. The summed E-state index contributed by atoms with van der Waals surface area (Å²) in [5.41, 5.74) is 1.86. The SMILES string of the molecule is Cc1cc(C(=O)O)c(C)n1CCC(=O)NC(C)C. The van der Waals surface area contributed by atoms with Crippen molar-refractivity contribution in [2.75, 3.05) is 0 Å². The number of rotatable bonds is 5. The van der Waals surface area contributed by atoms with Crippen molar-refractivity contribution in [3.05, 3.63) is 23.0 Å². The number of carboxylic acids is 1. The molecule has 1 heterocycles. The maximum atomic E-state index is 11.5. The first-order chi connectivity index (χ1) is 8.32. The molecule has 0 bridgehead atoms. The van der Waals surface area contributed by atoms with Crippen molar-refractivity contribution in [2.24, 2.45) is 0 Å². The molecule has 5 heteroatoms. The fourth-order valence-corrected chi connectivity index (χ4v) is 1.97. The number of aromatic nitrogens is 1. The van der Waals surface area contributed by atoms with Crippen molar-refractivity contribution in [2.45, 2.75) is 46.7 Å². The summed E-state index contributed by atoms with van der Waals surface area (Å²) in [4.78, 5) is 22.5. The van der Waals surface area contributed by atoms with E-state index >= 15 is 0 Å². The molecule has 0 aliphatic carbocycles. The monoisotopic (exact) mass is 252 g/mol. The highest BCUT2D eigenvalue weighted by Crippen LogP contribution is 2.15. The second kappa shape index (κ2) is 5.71. The van der Waals surface area contributed by atoms with Crippen LogP contribution in [-0.4, -0.2) is 27.6 Å². The summed E-state index contributed by atoms with van der Waals surface area (Å²) in [5, 5.41) is 11.8. The number of aryl methyl sites for hydroxylation is 1. The molecule has 0 saturated carbocycles. The van der Waals surface area contributed by atoms with Gasteiger partial charge in [-0.2, -0.15) is 0 Å². The van der Waals surface area contributed by atoms with E-state index in [9.17, 15) is 9.59 Å². The number of carboxylic acid groups (broad SMARTS) is 1. The van der Waals surface area contributed by atoms with Crippen LogP contribution in [0.25, 0.3) is 0 Å². The van der Waals surface area contributed by atoms with Gasteiger partial charge in [0.15, 0.2) is 0 Å². The lowest BCUT2D eigenvalue weighted by Gasteiger charge is -2.11. The van der Waals surface area contributed by atoms with E-state index in [-0.39, 0.29) is 11.9 Å². The lowest BCUT2D eigenvalue weighted by atomic mass is 10.2. The molecule has 0 saturated heterocycles. The number of hydrogen-bond acceptors (Lipinski definition) is 2. The number of amides is 1. The number of carbonyl (C=O) groups is 2. The molecule has 0 unspecified atom stereocenters. The van der Waals surface area contributed by atoms with E-state index in [0.29, 0.717) is 24.2 Å². The second-order valence-electron chi connectivity index (χ2n) is 4.71. The van der Waals surface area contributed by atoms with Crippen LogP contribution in [0.4, 0.5) is 0 Å². The van der Waals surface area contributed by atoms with E-state index in [1.54, 1.807) is 13.0 Å². The molecule has 0 aliphatic rings. The van der Waals surface area contributed by atoms with Crippen LogP contribution in [0.2, 0.25) is 0 Å². The van der Waals surface area contributed by atoms with Crippen LogP contribution < -0.4 is 5.32 Å². The second-order valence-corrected chi connectivity index (χ2v) is 4.71. The highest BCUT2D eigenvalue weighted by molar-refractivity contribution is 5.89. The Hall–Kier alpha value is -1.78. The molecule has 1 rings (SSSR count). The fourth-order valence-electron chi connectivity index (χ4n) is 1.97. The summed E-state index contributed by atoms with van der Waals surface area (Å²) >= 11 is 0. The number of carbonyl (C=O) groups excluding carboxylic acids is 1. The molecule has 1 aromatic heterocycles. The van der Waals surface area contributed by atoms with Gasteiger partial charge in [-0.05, 0) is 33.8 Å². The Bertz CT molecular complexity index is 461. The first-order valence-corrected chi connectivity index (χ1v) is 6.02. The highest BCUT2D eigenvalue weighted by atomic mass is 16.4. The van der Waals surface area contributed by atoms with E-state index in [1.807, 2.05) is 25.3 Å². The number of nitrogens with zero attached hydrogens (tertiary/aromatic N) is 1. The largest absolute Gasteiger partial charge is 0.478 e. The van der Waals surface area contributed by atoms with Crippen LogP contribution >= 0.6 is 0 Å². The molecule has 0 spiro atoms. The zero-order chi connectivity index (χ0) is 13.9. The van der Waals surface area contributed by atoms with Crippen LogP contribution in [0.15, 0.2) is 6.07 Å². The van der Waals surface area contributed by atoms with Crippen molar-refractivity contribution >= 4 is 11.9 Å². The van der Waals surface area contributed by atoms with Crippen LogP contribution in [0.3, 0.4) is 0 Å². The van der Waals surface area contributed by atoms with Crippen molar-refractivity contribution in [1.29, 1.82) is 0 Å². The molecular weight excluding hydrogens is 232 g/mol. The third-order valence-corrected chi connectivity index (χ3v) is 2.82. The van der Waals surface area contributed by atoms with Gasteiger partial charge in [-0.25, -0.2) is 4.79 Å². The lowest BCUT2D eigenvalue weighted by Crippen LogP contribution is -2.30. The lowest BCUT2D eigenvalue weighted by molar-refractivity contribution is -0.121. The highest BCUT2D eigenvalue weighted by Gasteiger charge is 2.15. The minimum Gasteiger partial charge on any atom is -0.478 e. The van der Waals surface area contributed by atoms with E-state index in [0.717, 1.165) is 5.69 Å². The summed E-state index contributed by atoms with van der Waals surface area (Å²) in [7, 11) is 0. The predicted molar refractivity (Wildman–Crippen MR) is 68.8 cm³/mol. The first-order valence-electron chi connectivity index (χ1n) is 6.02. The van der Waals surface area contributed by atoms with E-state index < -0.39 is 5.97 Å². The molecule has 0 aliphatic heterocycles. The number of aromatic carboxylic acids is 1. The van der Waals surface area contributed by atoms with Crippen LogP contribution in [0.1, 0.15) is 42.0 Å². The van der Waals surface area contributed by atoms with Gasteiger partial charge in [0, 0.05) is 30.4 Å². The predicted octanol–water partition coefficient (Wildman–Crippen LogP) is 1.72. The third kappa shape index (κ3) is 3.35. The van der Waals surface area contributed by atoms with Crippen LogP contribution in [0, 0.1) is 13.8 Å².